The van der Waals surface area contributed by atoms with E-state index in [4.69, 9.17) is 9.47 Å². The van der Waals surface area contributed by atoms with Crippen LogP contribution >= 0.6 is 0 Å². The first kappa shape index (κ1) is 23.8. The van der Waals surface area contributed by atoms with Crippen molar-refractivity contribution in [2.75, 3.05) is 40.4 Å². The third-order valence-electron chi connectivity index (χ3n) is 5.60. The number of nitrogens with zero attached hydrogens (tertiary/aromatic N) is 3. The van der Waals surface area contributed by atoms with Crippen LogP contribution in [0.2, 0.25) is 0 Å². The number of pyridine rings is 1. The molecule has 2 heterocycles. The van der Waals surface area contributed by atoms with Gasteiger partial charge in [0.05, 0.1) is 26.5 Å². The number of hydrogen-bond acceptors (Lipinski definition) is 6. The van der Waals surface area contributed by atoms with Gasteiger partial charge in [0.1, 0.15) is 17.6 Å². The molecule has 2 aromatic rings. The number of aliphatic hydroxyl groups is 1. The number of guanidine groups is 1. The Bertz CT molecular complexity index is 854. The van der Waals surface area contributed by atoms with E-state index in [-0.39, 0.29) is 6.54 Å². The summed E-state index contributed by atoms with van der Waals surface area (Å²) in [5.74, 6) is 2.01. The van der Waals surface area contributed by atoms with E-state index in [2.05, 4.69) is 31.6 Å². The van der Waals surface area contributed by atoms with Crippen molar-refractivity contribution in [1.82, 2.24) is 20.5 Å². The molecular formula is C24H35N5O3. The van der Waals surface area contributed by atoms with Gasteiger partial charge in [0, 0.05) is 44.0 Å². The van der Waals surface area contributed by atoms with Crippen molar-refractivity contribution in [3.8, 4) is 11.5 Å². The largest absolute Gasteiger partial charge is 0.497 e. The molecule has 8 heteroatoms. The predicted octanol–water partition coefficient (Wildman–Crippen LogP) is 2.35. The van der Waals surface area contributed by atoms with E-state index in [0.717, 1.165) is 50.7 Å². The minimum Gasteiger partial charge on any atom is -0.497 e. The topological polar surface area (TPSA) is 91.2 Å². The third kappa shape index (κ3) is 6.83. The molecule has 8 nitrogen and oxygen atoms in total. The molecule has 0 saturated carbocycles. The highest BCUT2D eigenvalue weighted by atomic mass is 16.5. The van der Waals surface area contributed by atoms with E-state index in [1.165, 1.54) is 0 Å². The maximum absolute atomic E-state index is 10.7. The maximum Gasteiger partial charge on any atom is 0.191 e. The van der Waals surface area contributed by atoms with Crippen LogP contribution in [0.15, 0.2) is 47.6 Å². The Morgan fingerprint density at radius 2 is 2.03 bits per heavy atom. The van der Waals surface area contributed by atoms with Gasteiger partial charge < -0.3 is 25.2 Å². The van der Waals surface area contributed by atoms with Crippen molar-refractivity contribution < 1.29 is 14.6 Å². The molecule has 1 saturated heterocycles. The molecule has 0 amide bonds. The fourth-order valence-corrected chi connectivity index (χ4v) is 3.85. The molecule has 0 bridgehead atoms. The lowest BCUT2D eigenvalue weighted by molar-refractivity contribution is 0.181. The molecule has 1 aromatic heterocycles. The second-order valence-electron chi connectivity index (χ2n) is 7.86. The summed E-state index contributed by atoms with van der Waals surface area (Å²) in [5, 5.41) is 17.6. The average Bonchev–Trinajstić information content (AvgIpc) is 2.84. The van der Waals surface area contributed by atoms with Crippen LogP contribution in [0.3, 0.4) is 0 Å². The molecule has 0 spiro atoms. The van der Waals surface area contributed by atoms with Crippen molar-refractivity contribution in [3.05, 3.63) is 53.9 Å². The summed E-state index contributed by atoms with van der Waals surface area (Å²) in [6.45, 7) is 5.92. The molecule has 174 valence electrons. The van der Waals surface area contributed by atoms with Gasteiger partial charge in [-0.3, -0.25) is 14.9 Å². The number of rotatable bonds is 9. The number of nitrogens with one attached hydrogen (secondary N) is 2. The van der Waals surface area contributed by atoms with Gasteiger partial charge in [-0.1, -0.05) is 6.07 Å². The average molecular weight is 442 g/mol. The molecule has 1 fully saturated rings. The molecule has 1 aliphatic heterocycles. The highest BCUT2D eigenvalue weighted by Crippen LogP contribution is 2.29. The van der Waals surface area contributed by atoms with Crippen LogP contribution in [-0.4, -0.2) is 67.4 Å². The van der Waals surface area contributed by atoms with E-state index in [9.17, 15) is 5.11 Å². The summed E-state index contributed by atoms with van der Waals surface area (Å²) in [5.41, 5.74) is 1.77. The Kier molecular flexibility index (Phi) is 9.13. The molecular weight excluding hydrogens is 406 g/mol. The van der Waals surface area contributed by atoms with Crippen LogP contribution in [0.25, 0.3) is 0 Å². The number of aromatic nitrogens is 1. The second-order valence-corrected chi connectivity index (χ2v) is 7.86. The number of aliphatic imine (C=N–C) groups is 1. The maximum atomic E-state index is 10.7. The Morgan fingerprint density at radius 1 is 1.22 bits per heavy atom. The zero-order valence-electron chi connectivity index (χ0n) is 19.3. The summed E-state index contributed by atoms with van der Waals surface area (Å²) in [7, 11) is 3.19. The Balaban J connectivity index is 1.55. The van der Waals surface area contributed by atoms with Crippen molar-refractivity contribution >= 4 is 5.96 Å². The smallest absolute Gasteiger partial charge is 0.191 e. The van der Waals surface area contributed by atoms with Crippen LogP contribution in [0.4, 0.5) is 0 Å². The molecule has 1 unspecified atom stereocenters. The van der Waals surface area contributed by atoms with Crippen LogP contribution in [0.1, 0.15) is 37.1 Å². The number of piperidine rings is 1. The Labute approximate surface area is 190 Å². The highest BCUT2D eigenvalue weighted by molar-refractivity contribution is 5.80. The molecule has 3 rings (SSSR count). The molecule has 1 aliphatic rings. The number of aliphatic hydroxyl groups excluding tert-OH is 1. The summed E-state index contributed by atoms with van der Waals surface area (Å²) in [6, 6.07) is 11.8. The van der Waals surface area contributed by atoms with E-state index < -0.39 is 6.10 Å². The van der Waals surface area contributed by atoms with Crippen LogP contribution in [0, 0.1) is 0 Å². The summed E-state index contributed by atoms with van der Waals surface area (Å²) >= 11 is 0. The van der Waals surface area contributed by atoms with Gasteiger partial charge in [0.25, 0.3) is 0 Å². The van der Waals surface area contributed by atoms with Gasteiger partial charge in [-0.2, -0.15) is 0 Å². The SMILES string of the molecule is CCNC(=NCC(O)c1cc(OC)ccc1OC)NC1CCN(Cc2ccccn2)CC1. The zero-order chi connectivity index (χ0) is 22.8. The second kappa shape index (κ2) is 12.3. The van der Waals surface area contributed by atoms with Crippen LogP contribution in [0.5, 0.6) is 11.5 Å². The fraction of sp³-hybridized carbons (Fsp3) is 0.500. The van der Waals surface area contributed by atoms with Gasteiger partial charge in [-0.05, 0) is 50.1 Å². The van der Waals surface area contributed by atoms with E-state index in [0.29, 0.717) is 23.1 Å². The van der Waals surface area contributed by atoms with Gasteiger partial charge >= 0.3 is 0 Å². The molecule has 32 heavy (non-hydrogen) atoms. The van der Waals surface area contributed by atoms with Crippen LogP contribution < -0.4 is 20.1 Å². The predicted molar refractivity (Wildman–Crippen MR) is 126 cm³/mol. The van der Waals surface area contributed by atoms with Crippen molar-refractivity contribution in [1.29, 1.82) is 0 Å². The molecule has 1 aromatic carbocycles. The molecule has 0 aliphatic carbocycles. The van der Waals surface area contributed by atoms with Gasteiger partial charge in [-0.25, -0.2) is 0 Å². The van der Waals surface area contributed by atoms with Gasteiger partial charge in [0.2, 0.25) is 0 Å². The fourth-order valence-electron chi connectivity index (χ4n) is 3.85. The van der Waals surface area contributed by atoms with Gasteiger partial charge in [-0.15, -0.1) is 0 Å². The van der Waals surface area contributed by atoms with Crippen molar-refractivity contribution in [2.45, 2.75) is 38.5 Å². The first-order valence-electron chi connectivity index (χ1n) is 11.2. The third-order valence-corrected chi connectivity index (χ3v) is 5.60. The highest BCUT2D eigenvalue weighted by Gasteiger charge is 2.21. The molecule has 1 atom stereocenters. The van der Waals surface area contributed by atoms with Crippen LogP contribution in [-0.2, 0) is 6.54 Å². The molecule has 0 radical (unpaired) electrons. The number of benzene rings is 1. The Morgan fingerprint density at radius 3 is 2.69 bits per heavy atom. The standard InChI is InChI=1S/C24H35N5O3/c1-4-25-24(27-16-22(30)21-15-20(31-2)8-9-23(21)32-3)28-18-10-13-29(14-11-18)17-19-7-5-6-12-26-19/h5-9,12,15,18,22,30H,4,10-11,13-14,16-17H2,1-3H3,(H2,25,27,28). The van der Waals surface area contributed by atoms with E-state index in [1.807, 2.05) is 31.3 Å². The summed E-state index contributed by atoms with van der Waals surface area (Å²) in [6.07, 6.45) is 3.11. The number of ether oxygens (including phenoxy) is 2. The quantitative estimate of drug-likeness (QED) is 0.406. The zero-order valence-corrected chi connectivity index (χ0v) is 19.3. The lowest BCUT2D eigenvalue weighted by atomic mass is 10.0. The van der Waals surface area contributed by atoms with Crippen molar-refractivity contribution in [3.63, 3.8) is 0 Å². The first-order valence-corrected chi connectivity index (χ1v) is 11.2. The van der Waals surface area contributed by atoms with E-state index in [1.54, 1.807) is 26.4 Å². The van der Waals surface area contributed by atoms with Crippen molar-refractivity contribution in [2.24, 2.45) is 4.99 Å². The minimum absolute atomic E-state index is 0.220. The minimum atomic E-state index is -0.796. The number of likely N-dealkylation sites (tertiary alicyclic amines) is 1. The number of hydrogen-bond donors (Lipinski definition) is 3. The summed E-state index contributed by atoms with van der Waals surface area (Å²) in [4.78, 5) is 11.5. The summed E-state index contributed by atoms with van der Waals surface area (Å²) < 4.78 is 10.7. The van der Waals surface area contributed by atoms with Gasteiger partial charge in [0.15, 0.2) is 5.96 Å². The normalized spacial score (nSPS) is 16.4. The first-order chi connectivity index (χ1) is 15.6. The Hall–Kier alpha value is -2.84. The lowest BCUT2D eigenvalue weighted by Gasteiger charge is -2.33. The number of methoxy groups -OCH3 is 2. The lowest BCUT2D eigenvalue weighted by Crippen LogP contribution is -2.48. The monoisotopic (exact) mass is 441 g/mol. The molecule has 3 N–H and O–H groups in total. The van der Waals surface area contributed by atoms with E-state index >= 15 is 0 Å².